The van der Waals surface area contributed by atoms with Crippen molar-refractivity contribution < 1.29 is 9.53 Å². The zero-order valence-electron chi connectivity index (χ0n) is 12.9. The van der Waals surface area contributed by atoms with Crippen molar-refractivity contribution in [1.29, 1.82) is 0 Å². The zero-order valence-corrected chi connectivity index (χ0v) is 14.4. The molecule has 0 spiro atoms. The number of methoxy groups -OCH3 is 1. The van der Waals surface area contributed by atoms with Crippen LogP contribution in [0.2, 0.25) is 10.0 Å². The van der Waals surface area contributed by atoms with Crippen LogP contribution in [-0.4, -0.2) is 19.6 Å². The number of hydrogen-bond acceptors (Lipinski definition) is 3. The SMILES string of the molecule is COc1ccc(NCC(=O)NC(C)c2ccc(Cl)cc2)cc1Cl. The lowest BCUT2D eigenvalue weighted by molar-refractivity contribution is -0.120. The van der Waals surface area contributed by atoms with Crippen molar-refractivity contribution in [2.75, 3.05) is 19.0 Å². The minimum Gasteiger partial charge on any atom is -0.495 e. The number of hydrogen-bond donors (Lipinski definition) is 2. The maximum atomic E-state index is 12.0. The second-order valence-corrected chi connectivity index (χ2v) is 5.89. The molecule has 1 atom stereocenters. The fourth-order valence-electron chi connectivity index (χ4n) is 2.09. The summed E-state index contributed by atoms with van der Waals surface area (Å²) < 4.78 is 5.09. The molecule has 0 fully saturated rings. The minimum atomic E-state index is -0.112. The maximum absolute atomic E-state index is 12.0. The van der Waals surface area contributed by atoms with E-state index < -0.39 is 0 Å². The lowest BCUT2D eigenvalue weighted by atomic mass is 10.1. The van der Waals surface area contributed by atoms with Crippen molar-refractivity contribution >= 4 is 34.8 Å². The van der Waals surface area contributed by atoms with Crippen LogP contribution in [0.4, 0.5) is 5.69 Å². The number of ether oxygens (including phenoxy) is 1. The van der Waals surface area contributed by atoms with Gasteiger partial charge in [0.1, 0.15) is 5.75 Å². The first-order chi connectivity index (χ1) is 11.0. The molecule has 0 heterocycles. The van der Waals surface area contributed by atoms with E-state index >= 15 is 0 Å². The average molecular weight is 353 g/mol. The number of halogens is 2. The Hall–Kier alpha value is -1.91. The van der Waals surface area contributed by atoms with E-state index in [-0.39, 0.29) is 18.5 Å². The van der Waals surface area contributed by atoms with Crippen LogP contribution in [0.25, 0.3) is 0 Å². The van der Waals surface area contributed by atoms with Gasteiger partial charge >= 0.3 is 0 Å². The average Bonchev–Trinajstić information content (AvgIpc) is 2.53. The van der Waals surface area contributed by atoms with E-state index in [2.05, 4.69) is 10.6 Å². The van der Waals surface area contributed by atoms with Crippen LogP contribution in [0.3, 0.4) is 0 Å². The van der Waals surface area contributed by atoms with Gasteiger partial charge in [0, 0.05) is 10.7 Å². The number of carbonyl (C=O) groups is 1. The molecule has 0 saturated carbocycles. The van der Waals surface area contributed by atoms with Crippen molar-refractivity contribution in [1.82, 2.24) is 5.32 Å². The van der Waals surface area contributed by atoms with Crippen LogP contribution in [0.1, 0.15) is 18.5 Å². The summed E-state index contributed by atoms with van der Waals surface area (Å²) in [6, 6.07) is 12.6. The molecule has 2 aromatic rings. The molecule has 0 aliphatic rings. The van der Waals surface area contributed by atoms with E-state index in [1.165, 1.54) is 0 Å². The highest BCUT2D eigenvalue weighted by Gasteiger charge is 2.10. The summed E-state index contributed by atoms with van der Waals surface area (Å²) in [6.07, 6.45) is 0. The smallest absolute Gasteiger partial charge is 0.239 e. The summed E-state index contributed by atoms with van der Waals surface area (Å²) in [4.78, 5) is 12.0. The van der Waals surface area contributed by atoms with Gasteiger partial charge in [-0.05, 0) is 42.8 Å². The van der Waals surface area contributed by atoms with Gasteiger partial charge in [0.15, 0.2) is 0 Å². The predicted octanol–water partition coefficient (Wildman–Crippen LogP) is 4.29. The molecule has 0 bridgehead atoms. The highest BCUT2D eigenvalue weighted by molar-refractivity contribution is 6.32. The standard InChI is InChI=1S/C17H18Cl2N2O2/c1-11(12-3-5-13(18)6-4-12)21-17(22)10-20-14-7-8-16(23-2)15(19)9-14/h3-9,11,20H,10H2,1-2H3,(H,21,22). The fraction of sp³-hybridized carbons (Fsp3) is 0.235. The third kappa shape index (κ3) is 5.05. The lowest BCUT2D eigenvalue weighted by Gasteiger charge is -2.15. The minimum absolute atomic E-state index is 0.0963. The Morgan fingerprint density at radius 2 is 1.87 bits per heavy atom. The number of carbonyl (C=O) groups excluding carboxylic acids is 1. The molecule has 1 amide bonds. The Morgan fingerprint density at radius 3 is 2.48 bits per heavy atom. The highest BCUT2D eigenvalue weighted by atomic mass is 35.5. The van der Waals surface area contributed by atoms with E-state index in [0.717, 1.165) is 11.3 Å². The number of rotatable bonds is 6. The first kappa shape index (κ1) is 17.4. The van der Waals surface area contributed by atoms with Gasteiger partial charge in [-0.25, -0.2) is 0 Å². The van der Waals surface area contributed by atoms with Crippen molar-refractivity contribution in [3.05, 3.63) is 58.1 Å². The van der Waals surface area contributed by atoms with Gasteiger partial charge in [0.25, 0.3) is 0 Å². The summed E-state index contributed by atoms with van der Waals surface area (Å²) in [5, 5.41) is 7.11. The van der Waals surface area contributed by atoms with Gasteiger partial charge in [-0.15, -0.1) is 0 Å². The van der Waals surface area contributed by atoms with E-state index in [0.29, 0.717) is 15.8 Å². The first-order valence-corrected chi connectivity index (χ1v) is 7.87. The molecule has 23 heavy (non-hydrogen) atoms. The van der Waals surface area contributed by atoms with Crippen LogP contribution >= 0.6 is 23.2 Å². The summed E-state index contributed by atoms with van der Waals surface area (Å²) >= 11 is 11.9. The molecule has 2 aromatic carbocycles. The largest absolute Gasteiger partial charge is 0.495 e. The van der Waals surface area contributed by atoms with E-state index in [1.54, 1.807) is 37.4 Å². The molecule has 0 saturated heterocycles. The molecule has 2 rings (SSSR count). The molecular weight excluding hydrogens is 335 g/mol. The van der Waals surface area contributed by atoms with Gasteiger partial charge in [0.05, 0.1) is 24.7 Å². The fourth-order valence-corrected chi connectivity index (χ4v) is 2.47. The Kier molecular flexibility index (Phi) is 6.13. The van der Waals surface area contributed by atoms with Crippen LogP contribution in [0.15, 0.2) is 42.5 Å². The molecule has 1 unspecified atom stereocenters. The molecule has 4 nitrogen and oxygen atoms in total. The number of anilines is 1. The Morgan fingerprint density at radius 1 is 1.17 bits per heavy atom. The summed E-state index contributed by atoms with van der Waals surface area (Å²) in [5.74, 6) is 0.484. The van der Waals surface area contributed by atoms with E-state index in [1.807, 2.05) is 19.1 Å². The Balaban J connectivity index is 1.87. The molecule has 0 aliphatic carbocycles. The van der Waals surface area contributed by atoms with Crippen molar-refractivity contribution in [2.45, 2.75) is 13.0 Å². The topological polar surface area (TPSA) is 50.4 Å². The molecule has 2 N–H and O–H groups in total. The highest BCUT2D eigenvalue weighted by Crippen LogP contribution is 2.27. The third-order valence-corrected chi connectivity index (χ3v) is 3.90. The van der Waals surface area contributed by atoms with Crippen LogP contribution in [0.5, 0.6) is 5.75 Å². The van der Waals surface area contributed by atoms with Crippen LogP contribution in [-0.2, 0) is 4.79 Å². The Labute approximate surface area is 145 Å². The van der Waals surface area contributed by atoms with E-state index in [4.69, 9.17) is 27.9 Å². The van der Waals surface area contributed by atoms with Gasteiger partial charge in [-0.1, -0.05) is 35.3 Å². The number of amides is 1. The molecule has 6 heteroatoms. The molecule has 122 valence electrons. The van der Waals surface area contributed by atoms with Crippen LogP contribution in [0, 0.1) is 0 Å². The van der Waals surface area contributed by atoms with Gasteiger partial charge in [0.2, 0.25) is 5.91 Å². The second-order valence-electron chi connectivity index (χ2n) is 5.04. The van der Waals surface area contributed by atoms with Crippen molar-refractivity contribution in [2.24, 2.45) is 0 Å². The summed E-state index contributed by atoms with van der Waals surface area (Å²) in [6.45, 7) is 2.08. The number of benzene rings is 2. The monoisotopic (exact) mass is 352 g/mol. The molecule has 0 radical (unpaired) electrons. The van der Waals surface area contributed by atoms with Gasteiger partial charge in [-0.2, -0.15) is 0 Å². The maximum Gasteiger partial charge on any atom is 0.239 e. The normalized spacial score (nSPS) is 11.7. The molecule has 0 aliphatic heterocycles. The van der Waals surface area contributed by atoms with Crippen molar-refractivity contribution in [3.63, 3.8) is 0 Å². The molecular formula is C17H18Cl2N2O2. The zero-order chi connectivity index (χ0) is 16.8. The Bertz CT molecular complexity index is 675. The lowest BCUT2D eigenvalue weighted by Crippen LogP contribution is -2.32. The molecule has 0 aromatic heterocycles. The van der Waals surface area contributed by atoms with Crippen LogP contribution < -0.4 is 15.4 Å². The summed E-state index contributed by atoms with van der Waals surface area (Å²) in [7, 11) is 1.56. The number of nitrogens with one attached hydrogen (secondary N) is 2. The second kappa shape index (κ2) is 8.09. The summed E-state index contributed by atoms with van der Waals surface area (Å²) in [5.41, 5.74) is 1.75. The third-order valence-electron chi connectivity index (χ3n) is 3.35. The van der Waals surface area contributed by atoms with Gasteiger partial charge in [-0.3, -0.25) is 4.79 Å². The van der Waals surface area contributed by atoms with E-state index in [9.17, 15) is 4.79 Å². The van der Waals surface area contributed by atoms with Gasteiger partial charge < -0.3 is 15.4 Å². The first-order valence-electron chi connectivity index (χ1n) is 7.12. The predicted molar refractivity (Wildman–Crippen MR) is 94.5 cm³/mol. The quantitative estimate of drug-likeness (QED) is 0.815. The van der Waals surface area contributed by atoms with Crippen molar-refractivity contribution in [3.8, 4) is 5.75 Å².